The number of thioether (sulfide) groups is 1. The molecule has 2 fully saturated rings. The predicted molar refractivity (Wildman–Crippen MR) is 60.3 cm³/mol. The van der Waals surface area contributed by atoms with Crippen LogP contribution in [-0.4, -0.2) is 23.6 Å². The van der Waals surface area contributed by atoms with Crippen LogP contribution in [0.25, 0.3) is 0 Å². The summed E-state index contributed by atoms with van der Waals surface area (Å²) in [4.78, 5) is 0. The van der Waals surface area contributed by atoms with Gasteiger partial charge >= 0.3 is 0 Å². The lowest BCUT2D eigenvalue weighted by molar-refractivity contribution is 0.117. The SMILES string of the molecule is CC1(C)CC(NC2CCCSC2)C1. The molecule has 2 rings (SSSR count). The summed E-state index contributed by atoms with van der Waals surface area (Å²) in [5, 5.41) is 3.79. The van der Waals surface area contributed by atoms with Gasteiger partial charge in [-0.3, -0.25) is 0 Å². The number of hydrogen-bond donors (Lipinski definition) is 1. The van der Waals surface area contributed by atoms with Gasteiger partial charge in [0.1, 0.15) is 0 Å². The first kappa shape index (κ1) is 9.85. The average Bonchev–Trinajstić information content (AvgIpc) is 2.03. The first-order valence-electron chi connectivity index (χ1n) is 5.49. The molecule has 1 unspecified atom stereocenters. The van der Waals surface area contributed by atoms with Crippen molar-refractivity contribution in [2.75, 3.05) is 11.5 Å². The summed E-state index contributed by atoms with van der Waals surface area (Å²) in [5.41, 5.74) is 0.624. The van der Waals surface area contributed by atoms with Crippen LogP contribution in [0, 0.1) is 5.41 Å². The van der Waals surface area contributed by atoms with Gasteiger partial charge in [0.05, 0.1) is 0 Å². The number of nitrogens with one attached hydrogen (secondary N) is 1. The smallest absolute Gasteiger partial charge is 0.0161 e. The van der Waals surface area contributed by atoms with Crippen molar-refractivity contribution in [3.05, 3.63) is 0 Å². The summed E-state index contributed by atoms with van der Waals surface area (Å²) in [6.45, 7) is 4.75. The van der Waals surface area contributed by atoms with E-state index < -0.39 is 0 Å². The van der Waals surface area contributed by atoms with Crippen molar-refractivity contribution in [1.29, 1.82) is 0 Å². The molecule has 1 atom stereocenters. The molecule has 0 aromatic rings. The molecule has 0 radical (unpaired) electrons. The average molecular weight is 199 g/mol. The van der Waals surface area contributed by atoms with Crippen LogP contribution in [-0.2, 0) is 0 Å². The Bertz CT molecular complexity index is 165. The van der Waals surface area contributed by atoms with Gasteiger partial charge < -0.3 is 5.32 Å². The maximum atomic E-state index is 3.79. The molecule has 1 nitrogen and oxygen atoms in total. The Hall–Kier alpha value is 0.310. The molecule has 1 heterocycles. The van der Waals surface area contributed by atoms with E-state index in [1.165, 1.54) is 37.2 Å². The number of hydrogen-bond acceptors (Lipinski definition) is 2. The highest BCUT2D eigenvalue weighted by atomic mass is 32.2. The zero-order valence-electron chi connectivity index (χ0n) is 8.81. The molecule has 13 heavy (non-hydrogen) atoms. The van der Waals surface area contributed by atoms with Gasteiger partial charge in [0.15, 0.2) is 0 Å². The van der Waals surface area contributed by atoms with E-state index in [1.807, 2.05) is 0 Å². The van der Waals surface area contributed by atoms with Crippen LogP contribution in [0.15, 0.2) is 0 Å². The third-order valence-electron chi connectivity index (χ3n) is 3.23. The van der Waals surface area contributed by atoms with Crippen LogP contribution in [0.1, 0.15) is 39.5 Å². The monoisotopic (exact) mass is 199 g/mol. The Morgan fingerprint density at radius 1 is 1.23 bits per heavy atom. The van der Waals surface area contributed by atoms with Gasteiger partial charge in [0, 0.05) is 17.8 Å². The van der Waals surface area contributed by atoms with Crippen LogP contribution in [0.3, 0.4) is 0 Å². The zero-order chi connectivity index (χ0) is 9.31. The lowest BCUT2D eigenvalue weighted by Gasteiger charge is -2.45. The normalized spacial score (nSPS) is 34.2. The second-order valence-electron chi connectivity index (χ2n) is 5.35. The van der Waals surface area contributed by atoms with E-state index in [4.69, 9.17) is 0 Å². The summed E-state index contributed by atoms with van der Waals surface area (Å²) in [6.07, 6.45) is 5.59. The topological polar surface area (TPSA) is 12.0 Å². The maximum Gasteiger partial charge on any atom is 0.0161 e. The molecule has 0 aromatic carbocycles. The molecule has 1 saturated carbocycles. The molecule has 2 heteroatoms. The minimum absolute atomic E-state index is 0.624. The van der Waals surface area contributed by atoms with E-state index in [-0.39, 0.29) is 0 Å². The fourth-order valence-corrected chi connectivity index (χ4v) is 3.68. The Balaban J connectivity index is 1.68. The molecular formula is C11H21NS. The van der Waals surface area contributed by atoms with Gasteiger partial charge in [0.25, 0.3) is 0 Å². The van der Waals surface area contributed by atoms with E-state index in [1.54, 1.807) is 0 Å². The summed E-state index contributed by atoms with van der Waals surface area (Å²) in [6, 6.07) is 1.65. The van der Waals surface area contributed by atoms with E-state index in [0.717, 1.165) is 12.1 Å². The van der Waals surface area contributed by atoms with Crippen LogP contribution in [0.5, 0.6) is 0 Å². The molecule has 1 N–H and O–H groups in total. The fourth-order valence-electron chi connectivity index (χ4n) is 2.60. The molecule has 0 spiro atoms. The van der Waals surface area contributed by atoms with Gasteiger partial charge in [-0.25, -0.2) is 0 Å². The lowest BCUT2D eigenvalue weighted by Crippen LogP contribution is -2.51. The molecule has 1 aliphatic heterocycles. The molecule has 2 aliphatic rings. The minimum atomic E-state index is 0.624. The Morgan fingerprint density at radius 2 is 2.00 bits per heavy atom. The van der Waals surface area contributed by atoms with Crippen molar-refractivity contribution < 1.29 is 0 Å². The summed E-state index contributed by atoms with van der Waals surface area (Å²) < 4.78 is 0. The largest absolute Gasteiger partial charge is 0.310 e. The van der Waals surface area contributed by atoms with Gasteiger partial charge in [-0.05, 0) is 36.9 Å². The van der Waals surface area contributed by atoms with Crippen molar-refractivity contribution in [3.8, 4) is 0 Å². The van der Waals surface area contributed by atoms with Gasteiger partial charge in [-0.2, -0.15) is 11.8 Å². The van der Waals surface area contributed by atoms with E-state index in [2.05, 4.69) is 30.9 Å². The van der Waals surface area contributed by atoms with E-state index >= 15 is 0 Å². The van der Waals surface area contributed by atoms with Crippen LogP contribution < -0.4 is 5.32 Å². The molecule has 0 bridgehead atoms. The Morgan fingerprint density at radius 3 is 2.54 bits per heavy atom. The molecule has 0 amide bonds. The third kappa shape index (κ3) is 2.63. The number of rotatable bonds is 2. The standard InChI is InChI=1S/C11H21NS/c1-11(2)6-10(7-11)12-9-4-3-5-13-8-9/h9-10,12H,3-8H2,1-2H3. The van der Waals surface area contributed by atoms with Crippen molar-refractivity contribution in [3.63, 3.8) is 0 Å². The van der Waals surface area contributed by atoms with E-state index in [9.17, 15) is 0 Å². The van der Waals surface area contributed by atoms with Crippen molar-refractivity contribution in [2.24, 2.45) is 5.41 Å². The molecule has 76 valence electrons. The van der Waals surface area contributed by atoms with Gasteiger partial charge in [-0.15, -0.1) is 0 Å². The highest BCUT2D eigenvalue weighted by molar-refractivity contribution is 7.99. The lowest BCUT2D eigenvalue weighted by atomic mass is 9.68. The quantitative estimate of drug-likeness (QED) is 0.734. The van der Waals surface area contributed by atoms with Gasteiger partial charge in [0.2, 0.25) is 0 Å². The molecule has 1 aliphatic carbocycles. The van der Waals surface area contributed by atoms with Crippen molar-refractivity contribution in [2.45, 2.75) is 51.6 Å². The second kappa shape index (κ2) is 3.82. The van der Waals surface area contributed by atoms with Crippen LogP contribution in [0.2, 0.25) is 0 Å². The van der Waals surface area contributed by atoms with Crippen LogP contribution >= 0.6 is 11.8 Å². The Labute approximate surface area is 86.0 Å². The Kier molecular flexibility index (Phi) is 2.89. The second-order valence-corrected chi connectivity index (χ2v) is 6.50. The van der Waals surface area contributed by atoms with Crippen LogP contribution in [0.4, 0.5) is 0 Å². The first-order valence-corrected chi connectivity index (χ1v) is 6.65. The zero-order valence-corrected chi connectivity index (χ0v) is 9.62. The molecule has 0 aromatic heterocycles. The predicted octanol–water partition coefficient (Wildman–Crippen LogP) is 2.66. The van der Waals surface area contributed by atoms with Crippen molar-refractivity contribution >= 4 is 11.8 Å². The third-order valence-corrected chi connectivity index (χ3v) is 4.45. The highest BCUT2D eigenvalue weighted by Crippen LogP contribution is 2.40. The molecular weight excluding hydrogens is 178 g/mol. The fraction of sp³-hybridized carbons (Fsp3) is 1.00. The summed E-state index contributed by atoms with van der Waals surface area (Å²) >= 11 is 2.12. The summed E-state index contributed by atoms with van der Waals surface area (Å²) in [5.74, 6) is 2.73. The minimum Gasteiger partial charge on any atom is -0.310 e. The molecule has 1 saturated heterocycles. The van der Waals surface area contributed by atoms with Crippen molar-refractivity contribution in [1.82, 2.24) is 5.32 Å². The first-order chi connectivity index (χ1) is 6.16. The van der Waals surface area contributed by atoms with E-state index in [0.29, 0.717) is 5.41 Å². The summed E-state index contributed by atoms with van der Waals surface area (Å²) in [7, 11) is 0. The highest BCUT2D eigenvalue weighted by Gasteiger charge is 2.36. The maximum absolute atomic E-state index is 3.79. The van der Waals surface area contributed by atoms with Gasteiger partial charge in [-0.1, -0.05) is 13.8 Å².